The number of aromatic hydroxyl groups is 1. The van der Waals surface area contributed by atoms with Crippen LogP contribution in [0.15, 0.2) is 79.4 Å². The largest absolute Gasteiger partial charge is 0.507 e. The molecule has 0 radical (unpaired) electrons. The quantitative estimate of drug-likeness (QED) is 0.258. The number of aryl methyl sites for hydroxylation is 1. The Balaban J connectivity index is 1.46. The van der Waals surface area contributed by atoms with Gasteiger partial charge < -0.3 is 13.9 Å². The normalized spacial score (nSPS) is 11.6. The van der Waals surface area contributed by atoms with Crippen LogP contribution in [0, 0.1) is 6.92 Å². The van der Waals surface area contributed by atoms with Crippen molar-refractivity contribution < 1.29 is 18.7 Å². The van der Waals surface area contributed by atoms with Crippen LogP contribution in [0.4, 0.5) is 0 Å². The summed E-state index contributed by atoms with van der Waals surface area (Å²) in [6, 6.07) is 17.7. The zero-order chi connectivity index (χ0) is 21.5. The molecule has 31 heavy (non-hydrogen) atoms. The first-order valence-corrected chi connectivity index (χ1v) is 9.52. The lowest BCUT2D eigenvalue weighted by atomic mass is 10.1. The Morgan fingerprint density at radius 2 is 1.84 bits per heavy atom. The van der Waals surface area contributed by atoms with Crippen molar-refractivity contribution in [1.29, 1.82) is 0 Å². The van der Waals surface area contributed by atoms with Gasteiger partial charge in [0.2, 0.25) is 0 Å². The van der Waals surface area contributed by atoms with Gasteiger partial charge >= 0.3 is 11.5 Å². The van der Waals surface area contributed by atoms with Crippen molar-refractivity contribution in [3.05, 3.63) is 88.0 Å². The fourth-order valence-electron chi connectivity index (χ4n) is 3.63. The topological polar surface area (TPSA) is 105 Å². The predicted octanol–water partition coefficient (Wildman–Crippen LogP) is 4.47. The minimum Gasteiger partial charge on any atom is -0.507 e. The Morgan fingerprint density at radius 3 is 2.71 bits per heavy atom. The van der Waals surface area contributed by atoms with Crippen molar-refractivity contribution in [3.8, 4) is 5.75 Å². The highest BCUT2D eigenvalue weighted by Gasteiger charge is 2.14. The van der Waals surface area contributed by atoms with E-state index >= 15 is 0 Å². The van der Waals surface area contributed by atoms with Gasteiger partial charge in [-0.2, -0.15) is 5.10 Å². The molecule has 0 aliphatic heterocycles. The molecule has 3 aromatic carbocycles. The molecule has 1 amide bonds. The van der Waals surface area contributed by atoms with Crippen molar-refractivity contribution in [2.45, 2.75) is 6.92 Å². The number of benzene rings is 3. The van der Waals surface area contributed by atoms with Gasteiger partial charge in [-0.25, -0.2) is 10.2 Å². The van der Waals surface area contributed by atoms with Crippen molar-refractivity contribution in [1.82, 2.24) is 5.43 Å². The van der Waals surface area contributed by atoms with Gasteiger partial charge in [0, 0.05) is 16.8 Å². The van der Waals surface area contributed by atoms with Gasteiger partial charge in [0.25, 0.3) is 0 Å². The Kier molecular flexibility index (Phi) is 4.29. The van der Waals surface area contributed by atoms with E-state index in [-0.39, 0.29) is 22.7 Å². The average molecular weight is 412 g/mol. The van der Waals surface area contributed by atoms with Crippen LogP contribution in [-0.2, 0) is 0 Å². The number of fused-ring (bicyclic) bond motifs is 4. The number of hydrogen-bond acceptors (Lipinski definition) is 6. The summed E-state index contributed by atoms with van der Waals surface area (Å²) in [4.78, 5) is 24.3. The first-order chi connectivity index (χ1) is 15.0. The van der Waals surface area contributed by atoms with E-state index in [0.717, 1.165) is 16.2 Å². The molecular formula is C24H16N2O5. The summed E-state index contributed by atoms with van der Waals surface area (Å²) >= 11 is 0. The fourth-order valence-corrected chi connectivity index (χ4v) is 3.63. The van der Waals surface area contributed by atoms with Gasteiger partial charge in [-0.3, -0.25) is 4.79 Å². The van der Waals surface area contributed by atoms with Crippen molar-refractivity contribution >= 4 is 44.8 Å². The minimum atomic E-state index is -0.547. The smallest absolute Gasteiger partial charge is 0.336 e. The average Bonchev–Trinajstić information content (AvgIpc) is 3.20. The van der Waals surface area contributed by atoms with Crippen LogP contribution in [0.25, 0.3) is 32.7 Å². The molecule has 0 saturated heterocycles. The molecule has 0 atom stereocenters. The molecule has 0 unspecified atom stereocenters. The summed E-state index contributed by atoms with van der Waals surface area (Å²) in [6.45, 7) is 1.77. The highest BCUT2D eigenvalue weighted by Crippen LogP contribution is 2.28. The van der Waals surface area contributed by atoms with Crippen LogP contribution in [0.5, 0.6) is 5.75 Å². The van der Waals surface area contributed by atoms with E-state index in [2.05, 4.69) is 10.5 Å². The second kappa shape index (κ2) is 7.14. The number of hydrogen-bond donors (Lipinski definition) is 2. The first kappa shape index (κ1) is 18.6. The molecule has 0 aliphatic carbocycles. The molecule has 5 rings (SSSR count). The molecule has 0 fully saturated rings. The molecular weight excluding hydrogens is 396 g/mol. The molecule has 7 heteroatoms. The molecule has 2 heterocycles. The van der Waals surface area contributed by atoms with Crippen LogP contribution in [0.2, 0.25) is 0 Å². The van der Waals surface area contributed by atoms with Gasteiger partial charge in [0.05, 0.1) is 11.8 Å². The molecule has 7 nitrogen and oxygen atoms in total. The molecule has 0 saturated carbocycles. The monoisotopic (exact) mass is 412 g/mol. The minimum absolute atomic E-state index is 0.105. The van der Waals surface area contributed by atoms with Crippen molar-refractivity contribution in [2.24, 2.45) is 5.10 Å². The summed E-state index contributed by atoms with van der Waals surface area (Å²) in [5.74, 6) is -0.573. The van der Waals surface area contributed by atoms with Gasteiger partial charge in [-0.05, 0) is 47.5 Å². The Bertz CT molecular complexity index is 1580. The number of phenolic OH excluding ortho intramolecular Hbond substituents is 1. The maximum atomic E-state index is 12.5. The maximum absolute atomic E-state index is 12.5. The summed E-state index contributed by atoms with van der Waals surface area (Å²) in [7, 11) is 0. The van der Waals surface area contributed by atoms with Crippen LogP contribution < -0.4 is 11.1 Å². The first-order valence-electron chi connectivity index (χ1n) is 9.52. The number of amides is 1. The third-order valence-electron chi connectivity index (χ3n) is 5.14. The molecule has 5 aromatic rings. The number of carbonyl (C=O) groups is 1. The third-order valence-corrected chi connectivity index (χ3v) is 5.14. The Hall–Kier alpha value is -4.39. The predicted molar refractivity (Wildman–Crippen MR) is 118 cm³/mol. The number of nitrogens with one attached hydrogen (secondary N) is 1. The van der Waals surface area contributed by atoms with E-state index in [1.807, 2.05) is 36.4 Å². The number of nitrogens with zero attached hydrogens (tertiary/aromatic N) is 1. The van der Waals surface area contributed by atoms with Gasteiger partial charge in [-0.1, -0.05) is 30.3 Å². The van der Waals surface area contributed by atoms with E-state index in [9.17, 15) is 14.7 Å². The molecule has 152 valence electrons. The summed E-state index contributed by atoms with van der Waals surface area (Å²) in [6.07, 6.45) is 1.23. The second-order valence-corrected chi connectivity index (χ2v) is 7.13. The van der Waals surface area contributed by atoms with Gasteiger partial charge in [-0.15, -0.1) is 0 Å². The van der Waals surface area contributed by atoms with Crippen LogP contribution in [0.3, 0.4) is 0 Å². The lowest BCUT2D eigenvalue weighted by Crippen LogP contribution is -2.16. The summed E-state index contributed by atoms with van der Waals surface area (Å²) in [5.41, 5.74) is 3.53. The van der Waals surface area contributed by atoms with Crippen molar-refractivity contribution in [3.63, 3.8) is 0 Å². The van der Waals surface area contributed by atoms with Crippen LogP contribution >= 0.6 is 0 Å². The maximum Gasteiger partial charge on any atom is 0.336 e. The number of phenols is 1. The number of furan rings is 1. The summed E-state index contributed by atoms with van der Waals surface area (Å²) < 4.78 is 10.9. The molecule has 2 N–H and O–H groups in total. The van der Waals surface area contributed by atoms with E-state index in [0.29, 0.717) is 16.5 Å². The van der Waals surface area contributed by atoms with E-state index in [4.69, 9.17) is 8.83 Å². The standard InChI is InChI=1S/C24H16N2O5/c1-13-10-22(28)31-23-15(13)7-8-19(27)18(23)12-25-26-24(29)21-11-17-16-5-3-2-4-14(16)6-9-20(17)30-21/h2-12,27H,1H3,(H,26,29)/b25-12+. The van der Waals surface area contributed by atoms with Crippen LogP contribution in [-0.4, -0.2) is 17.2 Å². The Labute approximate surface area is 175 Å². The molecule has 2 aromatic heterocycles. The Morgan fingerprint density at radius 1 is 1.00 bits per heavy atom. The van der Waals surface area contributed by atoms with Gasteiger partial charge in [0.15, 0.2) is 11.3 Å². The van der Waals surface area contributed by atoms with E-state index < -0.39 is 11.5 Å². The molecule has 0 spiro atoms. The van der Waals surface area contributed by atoms with E-state index in [1.54, 1.807) is 19.1 Å². The lowest BCUT2D eigenvalue weighted by molar-refractivity contribution is 0.0929. The number of rotatable bonds is 3. The number of carbonyl (C=O) groups excluding carboxylic acids is 1. The second-order valence-electron chi connectivity index (χ2n) is 7.13. The highest BCUT2D eigenvalue weighted by molar-refractivity contribution is 6.08. The summed E-state index contributed by atoms with van der Waals surface area (Å²) in [5, 5.41) is 17.6. The lowest BCUT2D eigenvalue weighted by Gasteiger charge is -2.05. The zero-order valence-electron chi connectivity index (χ0n) is 16.4. The van der Waals surface area contributed by atoms with Crippen LogP contribution in [0.1, 0.15) is 21.7 Å². The fraction of sp³-hybridized carbons (Fsp3) is 0.0417. The zero-order valence-corrected chi connectivity index (χ0v) is 16.4. The van der Waals surface area contributed by atoms with Crippen molar-refractivity contribution in [2.75, 3.05) is 0 Å². The molecule has 0 aliphatic rings. The van der Waals surface area contributed by atoms with Gasteiger partial charge in [0.1, 0.15) is 11.3 Å². The molecule has 0 bridgehead atoms. The third kappa shape index (κ3) is 3.22. The SMILES string of the molecule is Cc1cc(=O)oc2c(/C=N/NC(=O)c3cc4c(ccc5ccccc54)o3)c(O)ccc12. The number of hydrazone groups is 1. The van der Waals surface area contributed by atoms with E-state index in [1.165, 1.54) is 18.3 Å². The highest BCUT2D eigenvalue weighted by atomic mass is 16.4.